The molecule has 0 saturated heterocycles. The molecule has 0 heterocycles. The summed E-state index contributed by atoms with van der Waals surface area (Å²) in [6, 6.07) is 5.72. The van der Waals surface area contributed by atoms with Crippen LogP contribution in [0.3, 0.4) is 0 Å². The zero-order chi connectivity index (χ0) is 13.4. The Labute approximate surface area is 113 Å². The Morgan fingerprint density at radius 3 is 2.78 bits per heavy atom. The first-order valence-electron chi connectivity index (χ1n) is 5.97. The van der Waals surface area contributed by atoms with Crippen molar-refractivity contribution in [3.8, 4) is 5.75 Å². The van der Waals surface area contributed by atoms with Crippen LogP contribution < -0.4 is 10.1 Å². The van der Waals surface area contributed by atoms with E-state index in [9.17, 15) is 0 Å². The predicted octanol–water partition coefficient (Wildman–Crippen LogP) is 2.01. The van der Waals surface area contributed by atoms with Gasteiger partial charge in [-0.25, -0.2) is 0 Å². The van der Waals surface area contributed by atoms with Crippen molar-refractivity contribution < 1.29 is 14.6 Å². The highest BCUT2D eigenvalue weighted by Crippen LogP contribution is 2.28. The van der Waals surface area contributed by atoms with E-state index in [1.165, 1.54) is 0 Å². The third-order valence-electron chi connectivity index (χ3n) is 2.59. The lowest BCUT2D eigenvalue weighted by Gasteiger charge is -2.17. The lowest BCUT2D eigenvalue weighted by atomic mass is 10.1. The van der Waals surface area contributed by atoms with E-state index in [4.69, 9.17) is 26.2 Å². The van der Waals surface area contributed by atoms with Gasteiger partial charge in [0, 0.05) is 16.6 Å². The molecule has 1 aromatic rings. The van der Waals surface area contributed by atoms with Crippen molar-refractivity contribution >= 4 is 11.6 Å². The van der Waals surface area contributed by atoms with Crippen molar-refractivity contribution in [3.63, 3.8) is 0 Å². The van der Waals surface area contributed by atoms with Crippen molar-refractivity contribution in [1.82, 2.24) is 5.32 Å². The molecule has 0 aliphatic carbocycles. The van der Waals surface area contributed by atoms with E-state index in [0.717, 1.165) is 11.3 Å². The van der Waals surface area contributed by atoms with E-state index < -0.39 is 0 Å². The smallest absolute Gasteiger partial charge is 0.124 e. The molecule has 102 valence electrons. The van der Waals surface area contributed by atoms with Crippen LogP contribution in [0, 0.1) is 0 Å². The first-order chi connectivity index (χ1) is 8.69. The average molecular weight is 274 g/mol. The third kappa shape index (κ3) is 4.82. The molecule has 0 amide bonds. The van der Waals surface area contributed by atoms with Crippen LogP contribution in [0.1, 0.15) is 18.5 Å². The first-order valence-corrected chi connectivity index (χ1v) is 6.35. The van der Waals surface area contributed by atoms with Gasteiger partial charge in [-0.2, -0.15) is 0 Å². The van der Waals surface area contributed by atoms with Crippen LogP contribution in [0.2, 0.25) is 5.02 Å². The van der Waals surface area contributed by atoms with Gasteiger partial charge in [0.05, 0.1) is 19.8 Å². The van der Waals surface area contributed by atoms with Crippen LogP contribution >= 0.6 is 11.6 Å². The predicted molar refractivity (Wildman–Crippen MR) is 72.3 cm³/mol. The molecule has 0 spiro atoms. The molecule has 0 aromatic heterocycles. The Morgan fingerprint density at radius 1 is 1.33 bits per heavy atom. The second-order valence-corrected chi connectivity index (χ2v) is 4.31. The zero-order valence-electron chi connectivity index (χ0n) is 10.8. The second-order valence-electron chi connectivity index (χ2n) is 3.88. The summed E-state index contributed by atoms with van der Waals surface area (Å²) in [7, 11) is 1.89. The summed E-state index contributed by atoms with van der Waals surface area (Å²) in [5.41, 5.74) is 1.02. The van der Waals surface area contributed by atoms with Crippen molar-refractivity contribution in [2.24, 2.45) is 0 Å². The van der Waals surface area contributed by atoms with Crippen molar-refractivity contribution in [2.75, 3.05) is 33.5 Å². The minimum absolute atomic E-state index is 0.0307. The molecular formula is C13H20ClNO3. The fourth-order valence-electron chi connectivity index (χ4n) is 1.52. The highest BCUT2D eigenvalue weighted by molar-refractivity contribution is 6.30. The summed E-state index contributed by atoms with van der Waals surface area (Å²) in [6.45, 7) is 3.31. The number of aliphatic hydroxyl groups is 1. The molecule has 0 bridgehead atoms. The molecule has 4 nitrogen and oxygen atoms in total. The first kappa shape index (κ1) is 15.2. The van der Waals surface area contributed by atoms with Crippen LogP contribution in [0.5, 0.6) is 5.75 Å². The molecule has 1 unspecified atom stereocenters. The van der Waals surface area contributed by atoms with Gasteiger partial charge in [0.2, 0.25) is 0 Å². The molecule has 2 N–H and O–H groups in total. The van der Waals surface area contributed by atoms with Gasteiger partial charge in [0.1, 0.15) is 12.4 Å². The van der Waals surface area contributed by atoms with E-state index >= 15 is 0 Å². The fourth-order valence-corrected chi connectivity index (χ4v) is 1.70. The summed E-state index contributed by atoms with van der Waals surface area (Å²) in [5, 5.41) is 12.4. The molecule has 0 aliphatic rings. The molecule has 1 rings (SSSR count). The van der Waals surface area contributed by atoms with Crippen LogP contribution in [-0.2, 0) is 4.74 Å². The van der Waals surface area contributed by atoms with E-state index in [1.54, 1.807) is 6.07 Å². The molecule has 0 aliphatic heterocycles. The normalized spacial score (nSPS) is 12.4. The van der Waals surface area contributed by atoms with E-state index in [0.29, 0.717) is 24.8 Å². The van der Waals surface area contributed by atoms with Crippen LogP contribution in [0.15, 0.2) is 18.2 Å². The Hall–Kier alpha value is -0.810. The average Bonchev–Trinajstić information content (AvgIpc) is 2.39. The Kier molecular flexibility index (Phi) is 7.05. The SMILES string of the molecule is CNC(C)c1cc(Cl)ccc1OCCOCCO. The summed E-state index contributed by atoms with van der Waals surface area (Å²) < 4.78 is 10.8. The number of nitrogens with one attached hydrogen (secondary N) is 1. The number of hydrogen-bond acceptors (Lipinski definition) is 4. The topological polar surface area (TPSA) is 50.7 Å². The number of rotatable bonds is 8. The second kappa shape index (κ2) is 8.32. The van der Waals surface area contributed by atoms with Crippen molar-refractivity contribution in [1.29, 1.82) is 0 Å². The maximum absolute atomic E-state index is 8.57. The number of hydrogen-bond donors (Lipinski definition) is 2. The van der Waals surface area contributed by atoms with Gasteiger partial charge >= 0.3 is 0 Å². The summed E-state index contributed by atoms with van der Waals surface area (Å²) in [6.07, 6.45) is 0. The third-order valence-corrected chi connectivity index (χ3v) is 2.83. The molecular weight excluding hydrogens is 254 g/mol. The maximum Gasteiger partial charge on any atom is 0.124 e. The van der Waals surface area contributed by atoms with Crippen LogP contribution in [0.25, 0.3) is 0 Å². The largest absolute Gasteiger partial charge is 0.491 e. The van der Waals surface area contributed by atoms with Crippen molar-refractivity contribution in [3.05, 3.63) is 28.8 Å². The molecule has 0 radical (unpaired) electrons. The molecule has 5 heteroatoms. The minimum Gasteiger partial charge on any atom is -0.491 e. The maximum atomic E-state index is 8.57. The highest BCUT2D eigenvalue weighted by atomic mass is 35.5. The fraction of sp³-hybridized carbons (Fsp3) is 0.538. The lowest BCUT2D eigenvalue weighted by Crippen LogP contribution is -2.15. The standard InChI is InChI=1S/C13H20ClNO3/c1-10(15-2)12-9-11(14)3-4-13(12)18-8-7-17-6-5-16/h3-4,9-10,15-16H,5-8H2,1-2H3. The number of benzene rings is 1. The lowest BCUT2D eigenvalue weighted by molar-refractivity contribution is 0.0702. The molecule has 18 heavy (non-hydrogen) atoms. The Morgan fingerprint density at radius 2 is 2.11 bits per heavy atom. The highest BCUT2D eigenvalue weighted by Gasteiger charge is 2.10. The van der Waals surface area contributed by atoms with Crippen LogP contribution in [-0.4, -0.2) is 38.6 Å². The number of ether oxygens (including phenoxy) is 2. The van der Waals surface area contributed by atoms with Gasteiger partial charge in [-0.1, -0.05) is 11.6 Å². The summed E-state index contributed by atoms with van der Waals surface area (Å²) in [5.74, 6) is 0.800. The Balaban J connectivity index is 2.58. The number of halogens is 1. The van der Waals surface area contributed by atoms with Gasteiger partial charge in [0.15, 0.2) is 0 Å². The van der Waals surface area contributed by atoms with Gasteiger partial charge in [-0.15, -0.1) is 0 Å². The van der Waals surface area contributed by atoms with Crippen molar-refractivity contribution in [2.45, 2.75) is 13.0 Å². The van der Waals surface area contributed by atoms with Crippen LogP contribution in [0.4, 0.5) is 0 Å². The molecule has 1 atom stereocenters. The van der Waals surface area contributed by atoms with Gasteiger partial charge in [-0.05, 0) is 32.2 Å². The minimum atomic E-state index is 0.0307. The number of aliphatic hydroxyl groups excluding tert-OH is 1. The van der Waals surface area contributed by atoms with Gasteiger partial charge in [0.25, 0.3) is 0 Å². The quantitative estimate of drug-likeness (QED) is 0.712. The Bertz CT molecular complexity index is 360. The molecule has 0 saturated carbocycles. The van der Waals surface area contributed by atoms with E-state index in [2.05, 4.69) is 5.32 Å². The molecule has 1 aromatic carbocycles. The van der Waals surface area contributed by atoms with Gasteiger partial charge < -0.3 is 19.9 Å². The zero-order valence-corrected chi connectivity index (χ0v) is 11.5. The van der Waals surface area contributed by atoms with Gasteiger partial charge in [-0.3, -0.25) is 0 Å². The molecule has 0 fully saturated rings. The van der Waals surface area contributed by atoms with E-state index in [1.807, 2.05) is 26.1 Å². The monoisotopic (exact) mass is 273 g/mol. The summed E-state index contributed by atoms with van der Waals surface area (Å²) >= 11 is 5.98. The van der Waals surface area contributed by atoms with E-state index in [-0.39, 0.29) is 12.6 Å². The summed E-state index contributed by atoms with van der Waals surface area (Å²) in [4.78, 5) is 0.